The normalized spacial score (nSPS) is 22.5. The maximum absolute atomic E-state index is 12.9. The van der Waals surface area contributed by atoms with E-state index in [0.717, 1.165) is 0 Å². The molecule has 2 atom stereocenters. The van der Waals surface area contributed by atoms with E-state index in [-0.39, 0.29) is 32.7 Å². The zero-order valence-corrected chi connectivity index (χ0v) is 22.1. The molecule has 0 aromatic rings. The van der Waals surface area contributed by atoms with Gasteiger partial charge in [0.1, 0.15) is 0 Å². The minimum Gasteiger partial charge on any atom is -0.396 e. The van der Waals surface area contributed by atoms with E-state index in [1.807, 2.05) is 25.7 Å². The molecule has 0 bridgehead atoms. The molecule has 2 N–H and O–H groups in total. The van der Waals surface area contributed by atoms with E-state index in [1.165, 1.54) is 0 Å². The summed E-state index contributed by atoms with van der Waals surface area (Å²) in [5, 5.41) is 20.4. The van der Waals surface area contributed by atoms with Gasteiger partial charge < -0.3 is 24.4 Å². The summed E-state index contributed by atoms with van der Waals surface area (Å²) in [5.74, 6) is -5.38. The third-order valence-corrected chi connectivity index (χ3v) is 6.21. The SMILES string of the molecule is CCN(C)CC(=O)OC1(OC(=O)CN(C)CC)CC(CO)C(CO)N(CC)CCN(C)CC(=O)O1. The standard InChI is InChI=1S/C23H44N4O8/c1-7-24(4)13-20(30)33-23(34-21(31)14-25(5)8-2)12-18(16-28)19(17-29)27(9-3)11-10-26(6)15-22(32)35-23/h18-19,28-29H,7-17H2,1-6H3. The van der Waals surface area contributed by atoms with Gasteiger partial charge in [0, 0.05) is 31.7 Å². The average molecular weight is 505 g/mol. The van der Waals surface area contributed by atoms with Crippen molar-refractivity contribution in [1.82, 2.24) is 19.6 Å². The monoisotopic (exact) mass is 504 g/mol. The van der Waals surface area contributed by atoms with E-state index < -0.39 is 42.4 Å². The zero-order valence-electron chi connectivity index (χ0n) is 22.1. The van der Waals surface area contributed by atoms with E-state index in [1.54, 1.807) is 35.8 Å². The average Bonchev–Trinajstić information content (AvgIpc) is 2.80. The van der Waals surface area contributed by atoms with Gasteiger partial charge in [-0.15, -0.1) is 0 Å². The fourth-order valence-electron chi connectivity index (χ4n) is 3.83. The zero-order chi connectivity index (χ0) is 26.6. The number of carbonyl (C=O) groups excluding carboxylic acids is 3. The Balaban J connectivity index is 3.48. The molecule has 0 aromatic heterocycles. The highest BCUT2D eigenvalue weighted by Gasteiger charge is 2.48. The van der Waals surface area contributed by atoms with Gasteiger partial charge in [-0.1, -0.05) is 20.8 Å². The number of esters is 3. The highest BCUT2D eigenvalue weighted by atomic mass is 16.9. The maximum Gasteiger partial charge on any atom is 0.423 e. The molecular formula is C23H44N4O8. The summed E-state index contributed by atoms with van der Waals surface area (Å²) in [6, 6.07) is -0.552. The molecule has 0 saturated carbocycles. The van der Waals surface area contributed by atoms with Gasteiger partial charge in [-0.05, 0) is 40.8 Å². The molecule has 0 aromatic carbocycles. The Bertz CT molecular complexity index is 654. The van der Waals surface area contributed by atoms with Gasteiger partial charge in [0.15, 0.2) is 0 Å². The highest BCUT2D eigenvalue weighted by Crippen LogP contribution is 2.30. The molecule has 204 valence electrons. The Labute approximate surface area is 208 Å². The Hall–Kier alpha value is -1.83. The van der Waals surface area contributed by atoms with Gasteiger partial charge in [-0.2, -0.15) is 0 Å². The predicted octanol–water partition coefficient (Wildman–Crippen LogP) is -1.20. The lowest BCUT2D eigenvalue weighted by Crippen LogP contribution is -2.53. The van der Waals surface area contributed by atoms with Crippen molar-refractivity contribution >= 4 is 17.9 Å². The molecular weight excluding hydrogens is 460 g/mol. The molecule has 1 heterocycles. The van der Waals surface area contributed by atoms with Gasteiger partial charge in [0.25, 0.3) is 0 Å². The second-order valence-electron chi connectivity index (χ2n) is 9.03. The molecule has 2 unspecified atom stereocenters. The Kier molecular flexibility index (Phi) is 13.7. The number of aliphatic hydroxyl groups excluding tert-OH is 2. The Morgan fingerprint density at radius 1 is 1.03 bits per heavy atom. The molecule has 0 radical (unpaired) electrons. The third-order valence-electron chi connectivity index (χ3n) is 6.21. The first-order chi connectivity index (χ1) is 16.5. The molecule has 1 saturated heterocycles. The number of aliphatic hydroxyl groups is 2. The van der Waals surface area contributed by atoms with Crippen LogP contribution in [0.2, 0.25) is 0 Å². The van der Waals surface area contributed by atoms with Crippen LogP contribution in [0.5, 0.6) is 0 Å². The first kappa shape index (κ1) is 31.2. The molecule has 1 rings (SSSR count). The number of carbonyl (C=O) groups is 3. The number of hydrogen-bond acceptors (Lipinski definition) is 12. The lowest BCUT2D eigenvalue weighted by atomic mass is 9.94. The lowest BCUT2D eigenvalue weighted by molar-refractivity contribution is -0.338. The summed E-state index contributed by atoms with van der Waals surface area (Å²) in [7, 11) is 5.16. The van der Waals surface area contributed by atoms with Crippen LogP contribution in [-0.4, -0.2) is 146 Å². The molecule has 1 aliphatic heterocycles. The van der Waals surface area contributed by atoms with Crippen LogP contribution in [0.3, 0.4) is 0 Å². The second kappa shape index (κ2) is 15.3. The number of ether oxygens (including phenoxy) is 3. The fourth-order valence-corrected chi connectivity index (χ4v) is 3.83. The Morgan fingerprint density at radius 2 is 1.57 bits per heavy atom. The van der Waals surface area contributed by atoms with Crippen molar-refractivity contribution in [2.75, 3.05) is 86.7 Å². The molecule has 12 nitrogen and oxygen atoms in total. The molecule has 35 heavy (non-hydrogen) atoms. The van der Waals surface area contributed by atoms with Crippen LogP contribution in [0.15, 0.2) is 0 Å². The van der Waals surface area contributed by atoms with E-state index in [2.05, 4.69) is 0 Å². The predicted molar refractivity (Wildman–Crippen MR) is 128 cm³/mol. The smallest absolute Gasteiger partial charge is 0.396 e. The van der Waals surface area contributed by atoms with Gasteiger partial charge in [0.05, 0.1) is 32.7 Å². The van der Waals surface area contributed by atoms with E-state index in [9.17, 15) is 24.6 Å². The van der Waals surface area contributed by atoms with Gasteiger partial charge in [-0.3, -0.25) is 34.0 Å². The van der Waals surface area contributed by atoms with Crippen LogP contribution in [-0.2, 0) is 28.6 Å². The Morgan fingerprint density at radius 3 is 2.00 bits per heavy atom. The largest absolute Gasteiger partial charge is 0.423 e. The van der Waals surface area contributed by atoms with Crippen molar-refractivity contribution in [2.45, 2.75) is 39.2 Å². The van der Waals surface area contributed by atoms with Crippen LogP contribution >= 0.6 is 0 Å². The van der Waals surface area contributed by atoms with Gasteiger partial charge >= 0.3 is 23.9 Å². The van der Waals surface area contributed by atoms with Crippen molar-refractivity contribution < 1.29 is 38.8 Å². The van der Waals surface area contributed by atoms with Crippen LogP contribution in [0.4, 0.5) is 0 Å². The summed E-state index contributed by atoms with van der Waals surface area (Å²) in [6.07, 6.45) is -0.330. The molecule has 0 spiro atoms. The van der Waals surface area contributed by atoms with Crippen molar-refractivity contribution in [1.29, 1.82) is 0 Å². The van der Waals surface area contributed by atoms with Crippen molar-refractivity contribution in [3.8, 4) is 0 Å². The van der Waals surface area contributed by atoms with Crippen LogP contribution in [0, 0.1) is 5.92 Å². The highest BCUT2D eigenvalue weighted by molar-refractivity contribution is 5.76. The topological polar surface area (TPSA) is 132 Å². The van der Waals surface area contributed by atoms with Crippen LogP contribution < -0.4 is 0 Å². The lowest BCUT2D eigenvalue weighted by Gasteiger charge is -2.38. The fraction of sp³-hybridized carbons (Fsp3) is 0.870. The van der Waals surface area contributed by atoms with E-state index >= 15 is 0 Å². The summed E-state index contributed by atoms with van der Waals surface area (Å²) >= 11 is 0. The third kappa shape index (κ3) is 10.4. The number of likely N-dealkylation sites (N-methyl/N-ethyl adjacent to an activating group) is 4. The summed E-state index contributed by atoms with van der Waals surface area (Å²) < 4.78 is 16.8. The minimum absolute atomic E-state index is 0.129. The summed E-state index contributed by atoms with van der Waals surface area (Å²) in [4.78, 5) is 45.6. The van der Waals surface area contributed by atoms with Crippen molar-refractivity contribution in [2.24, 2.45) is 5.92 Å². The number of rotatable bonds is 11. The quantitative estimate of drug-likeness (QED) is 0.259. The van der Waals surface area contributed by atoms with E-state index in [0.29, 0.717) is 32.7 Å². The number of hydrogen-bond donors (Lipinski definition) is 2. The van der Waals surface area contributed by atoms with E-state index in [4.69, 9.17) is 14.2 Å². The van der Waals surface area contributed by atoms with Gasteiger partial charge in [0.2, 0.25) is 0 Å². The number of nitrogens with zero attached hydrogens (tertiary/aromatic N) is 4. The van der Waals surface area contributed by atoms with Crippen molar-refractivity contribution in [3.63, 3.8) is 0 Å². The van der Waals surface area contributed by atoms with Crippen LogP contribution in [0.25, 0.3) is 0 Å². The summed E-state index contributed by atoms with van der Waals surface area (Å²) in [5.41, 5.74) is 0. The van der Waals surface area contributed by atoms with Crippen molar-refractivity contribution in [3.05, 3.63) is 0 Å². The minimum atomic E-state index is -2.39. The summed E-state index contributed by atoms with van der Waals surface area (Å²) in [6.45, 7) is 7.24. The van der Waals surface area contributed by atoms with Gasteiger partial charge in [-0.25, -0.2) is 0 Å². The van der Waals surface area contributed by atoms with Crippen LogP contribution in [0.1, 0.15) is 27.2 Å². The number of cyclic esters (lactones) is 1. The first-order valence-electron chi connectivity index (χ1n) is 12.2. The first-order valence-corrected chi connectivity index (χ1v) is 12.2. The molecule has 0 amide bonds. The molecule has 0 aliphatic carbocycles. The maximum atomic E-state index is 12.9. The second-order valence-corrected chi connectivity index (χ2v) is 9.03. The molecule has 1 fully saturated rings. The molecule has 12 heteroatoms. The molecule has 1 aliphatic rings.